The highest BCUT2D eigenvalue weighted by molar-refractivity contribution is 7.89. The lowest BCUT2D eigenvalue weighted by molar-refractivity contribution is 0.196. The van der Waals surface area contributed by atoms with E-state index in [9.17, 15) is 17.2 Å². The normalized spacial score (nSPS) is 24.8. The summed E-state index contributed by atoms with van der Waals surface area (Å²) < 4.78 is 53.0. The van der Waals surface area contributed by atoms with Gasteiger partial charge in [0.05, 0.1) is 4.90 Å². The molecule has 4 nitrogen and oxygen atoms in total. The number of nitrogens with two attached hydrogens (primary N) is 1. The van der Waals surface area contributed by atoms with Crippen molar-refractivity contribution in [3.05, 3.63) is 29.8 Å². The largest absolute Gasteiger partial charge is 0.329 e. The van der Waals surface area contributed by atoms with Crippen LogP contribution in [0.25, 0.3) is 0 Å². The fourth-order valence-electron chi connectivity index (χ4n) is 2.72. The van der Waals surface area contributed by atoms with Crippen LogP contribution in [0.2, 0.25) is 0 Å². The van der Waals surface area contributed by atoms with E-state index in [2.05, 4.69) is 0 Å². The first-order valence-corrected chi connectivity index (χ1v) is 8.00. The van der Waals surface area contributed by atoms with Crippen LogP contribution in [0.5, 0.6) is 0 Å². The van der Waals surface area contributed by atoms with E-state index in [0.717, 1.165) is 18.6 Å². The Morgan fingerprint density at radius 3 is 2.40 bits per heavy atom. The summed E-state index contributed by atoms with van der Waals surface area (Å²) in [6.45, 7) is 1.98. The summed E-state index contributed by atoms with van der Waals surface area (Å²) in [4.78, 5) is -0.359. The number of nitrogens with zero attached hydrogens (tertiary/aromatic N) is 1. The highest BCUT2D eigenvalue weighted by atomic mass is 32.2. The van der Waals surface area contributed by atoms with Crippen LogP contribution in [-0.2, 0) is 10.0 Å². The minimum atomic E-state index is -3.94. The zero-order valence-corrected chi connectivity index (χ0v) is 12.0. The standard InChI is InChI=1S/C13H18F2N2O2S/c1-9-3-2-4-12(8-16)17(9)20(18,19)13-6-10(14)5-11(15)7-13/h5-7,9,12H,2-4,8,16H2,1H3. The van der Waals surface area contributed by atoms with Gasteiger partial charge in [0.15, 0.2) is 0 Å². The maximum absolute atomic E-state index is 13.3. The zero-order chi connectivity index (χ0) is 14.9. The molecule has 1 aliphatic rings. The lowest BCUT2D eigenvalue weighted by Crippen LogP contribution is -2.51. The lowest BCUT2D eigenvalue weighted by Gasteiger charge is -2.38. The van der Waals surface area contributed by atoms with Crippen LogP contribution in [0, 0.1) is 11.6 Å². The smallest absolute Gasteiger partial charge is 0.243 e. The number of hydrogen-bond acceptors (Lipinski definition) is 3. The van der Waals surface area contributed by atoms with E-state index < -0.39 is 21.7 Å². The van der Waals surface area contributed by atoms with Crippen molar-refractivity contribution in [2.75, 3.05) is 6.54 Å². The molecule has 112 valence electrons. The number of sulfonamides is 1. The minimum Gasteiger partial charge on any atom is -0.329 e. The van der Waals surface area contributed by atoms with Crippen molar-refractivity contribution in [3.8, 4) is 0 Å². The average Bonchev–Trinajstić information content (AvgIpc) is 2.36. The van der Waals surface area contributed by atoms with E-state index in [0.29, 0.717) is 18.9 Å². The van der Waals surface area contributed by atoms with Gasteiger partial charge in [-0.1, -0.05) is 6.42 Å². The van der Waals surface area contributed by atoms with Crippen LogP contribution >= 0.6 is 0 Å². The molecule has 0 aromatic heterocycles. The third-order valence-electron chi connectivity index (χ3n) is 3.64. The summed E-state index contributed by atoms with van der Waals surface area (Å²) in [5.74, 6) is -1.81. The van der Waals surface area contributed by atoms with Crippen molar-refractivity contribution in [2.45, 2.75) is 43.2 Å². The summed E-state index contributed by atoms with van der Waals surface area (Å²) in [7, 11) is -3.94. The molecule has 2 unspecified atom stereocenters. The third kappa shape index (κ3) is 2.84. The van der Waals surface area contributed by atoms with E-state index in [1.54, 1.807) is 6.92 Å². The molecular weight excluding hydrogens is 286 g/mol. The van der Waals surface area contributed by atoms with Gasteiger partial charge in [-0.3, -0.25) is 0 Å². The molecule has 20 heavy (non-hydrogen) atoms. The first kappa shape index (κ1) is 15.3. The summed E-state index contributed by atoms with van der Waals surface area (Å²) in [5.41, 5.74) is 5.64. The lowest BCUT2D eigenvalue weighted by atomic mass is 10.00. The minimum absolute atomic E-state index is 0.196. The second kappa shape index (κ2) is 5.75. The van der Waals surface area contributed by atoms with E-state index in [4.69, 9.17) is 5.73 Å². The van der Waals surface area contributed by atoms with Gasteiger partial charge in [0.1, 0.15) is 11.6 Å². The first-order valence-electron chi connectivity index (χ1n) is 6.56. The fourth-order valence-corrected chi connectivity index (χ4v) is 4.65. The summed E-state index contributed by atoms with van der Waals surface area (Å²) in [6.07, 6.45) is 2.28. The molecule has 1 aliphatic heterocycles. The Kier molecular flexibility index (Phi) is 4.41. The quantitative estimate of drug-likeness (QED) is 0.927. The maximum Gasteiger partial charge on any atom is 0.243 e. The molecular formula is C13H18F2N2O2S. The molecule has 1 heterocycles. The SMILES string of the molecule is CC1CCCC(CN)N1S(=O)(=O)c1cc(F)cc(F)c1. The Morgan fingerprint density at radius 1 is 1.25 bits per heavy atom. The van der Waals surface area contributed by atoms with Gasteiger partial charge in [-0.15, -0.1) is 0 Å². The molecule has 1 fully saturated rings. The number of halogens is 2. The Balaban J connectivity index is 2.46. The molecule has 7 heteroatoms. The van der Waals surface area contributed by atoms with Crippen LogP contribution in [0.15, 0.2) is 23.1 Å². The van der Waals surface area contributed by atoms with Gasteiger partial charge in [-0.2, -0.15) is 4.31 Å². The van der Waals surface area contributed by atoms with Crippen LogP contribution in [0.1, 0.15) is 26.2 Å². The van der Waals surface area contributed by atoms with Gasteiger partial charge in [-0.05, 0) is 31.9 Å². The van der Waals surface area contributed by atoms with Gasteiger partial charge in [0, 0.05) is 24.7 Å². The third-order valence-corrected chi connectivity index (χ3v) is 5.68. The molecule has 2 rings (SSSR count). The highest BCUT2D eigenvalue weighted by Crippen LogP contribution is 2.29. The fraction of sp³-hybridized carbons (Fsp3) is 0.538. The average molecular weight is 304 g/mol. The molecule has 2 N–H and O–H groups in total. The molecule has 0 spiro atoms. The molecule has 1 saturated heterocycles. The molecule has 0 aliphatic carbocycles. The first-order chi connectivity index (χ1) is 9.36. The van der Waals surface area contributed by atoms with Gasteiger partial charge in [0.2, 0.25) is 10.0 Å². The zero-order valence-electron chi connectivity index (χ0n) is 11.2. The second-order valence-corrected chi connectivity index (χ2v) is 6.95. The van der Waals surface area contributed by atoms with Crippen LogP contribution in [-0.4, -0.2) is 31.4 Å². The monoisotopic (exact) mass is 304 g/mol. The second-order valence-electron chi connectivity index (χ2n) is 5.11. The van der Waals surface area contributed by atoms with Gasteiger partial charge in [-0.25, -0.2) is 17.2 Å². The van der Waals surface area contributed by atoms with Crippen molar-refractivity contribution in [1.82, 2.24) is 4.31 Å². The highest BCUT2D eigenvalue weighted by Gasteiger charge is 2.37. The number of rotatable bonds is 3. The molecule has 0 saturated carbocycles. The Bertz CT molecular complexity index is 572. The Hall–Kier alpha value is -1.05. The molecule has 0 radical (unpaired) electrons. The van der Waals surface area contributed by atoms with Crippen molar-refractivity contribution in [3.63, 3.8) is 0 Å². The number of hydrogen-bond donors (Lipinski definition) is 1. The van der Waals surface area contributed by atoms with E-state index in [1.165, 1.54) is 4.31 Å². The predicted octanol–water partition coefficient (Wildman–Crippen LogP) is 1.86. The van der Waals surface area contributed by atoms with Crippen molar-refractivity contribution in [1.29, 1.82) is 0 Å². The van der Waals surface area contributed by atoms with Gasteiger partial charge in [0.25, 0.3) is 0 Å². The van der Waals surface area contributed by atoms with Gasteiger partial charge >= 0.3 is 0 Å². The van der Waals surface area contributed by atoms with Crippen LogP contribution < -0.4 is 5.73 Å². The molecule has 1 aromatic rings. The van der Waals surface area contributed by atoms with Gasteiger partial charge < -0.3 is 5.73 Å². The predicted molar refractivity (Wildman–Crippen MR) is 71.5 cm³/mol. The number of piperidine rings is 1. The van der Waals surface area contributed by atoms with Crippen molar-refractivity contribution in [2.24, 2.45) is 5.73 Å². The van der Waals surface area contributed by atoms with Crippen molar-refractivity contribution >= 4 is 10.0 Å². The molecule has 2 atom stereocenters. The number of benzene rings is 1. The summed E-state index contributed by atoms with van der Waals surface area (Å²) >= 11 is 0. The van der Waals surface area contributed by atoms with Crippen LogP contribution in [0.3, 0.4) is 0 Å². The van der Waals surface area contributed by atoms with Crippen LogP contribution in [0.4, 0.5) is 8.78 Å². The Morgan fingerprint density at radius 2 is 1.85 bits per heavy atom. The molecule has 0 bridgehead atoms. The summed E-state index contributed by atoms with van der Waals surface area (Å²) in [6, 6.07) is 1.78. The maximum atomic E-state index is 13.3. The molecule has 0 amide bonds. The molecule has 1 aromatic carbocycles. The van der Waals surface area contributed by atoms with E-state index >= 15 is 0 Å². The van der Waals surface area contributed by atoms with E-state index in [-0.39, 0.29) is 23.5 Å². The Labute approximate surface area is 117 Å². The topological polar surface area (TPSA) is 63.4 Å². The van der Waals surface area contributed by atoms with E-state index in [1.807, 2.05) is 0 Å². The summed E-state index contributed by atoms with van der Waals surface area (Å²) in [5, 5.41) is 0. The van der Waals surface area contributed by atoms with Crippen molar-refractivity contribution < 1.29 is 17.2 Å².